The summed E-state index contributed by atoms with van der Waals surface area (Å²) < 4.78 is 82.9. The Kier molecular flexibility index (Phi) is 6.34. The maximum Gasteiger partial charge on any atom is 0.465 e. The van der Waals surface area contributed by atoms with E-state index in [4.69, 9.17) is 23.5 Å². The average molecular weight is 591 g/mol. The van der Waals surface area contributed by atoms with Gasteiger partial charge in [-0.25, -0.2) is 4.79 Å². The molecular formula is C27H36F2O10S. The lowest BCUT2D eigenvalue weighted by Crippen LogP contribution is -2.57. The summed E-state index contributed by atoms with van der Waals surface area (Å²) in [5.74, 6) is -4.08. The summed E-state index contributed by atoms with van der Waals surface area (Å²) >= 11 is 0. The number of hydrogen-bond acceptors (Lipinski definition) is 9. The molecule has 0 amide bonds. The predicted octanol–water partition coefficient (Wildman–Crippen LogP) is 3.13. The summed E-state index contributed by atoms with van der Waals surface area (Å²) in [6.07, 6.45) is 5.85. The molecule has 2 N–H and O–H groups in total. The molecule has 0 aromatic rings. The molecule has 0 aromatic carbocycles. The number of allylic oxidation sites excluding steroid dienone is 2. The molecule has 1 aliphatic heterocycles. The van der Waals surface area contributed by atoms with Crippen LogP contribution in [0.1, 0.15) is 71.6 Å². The standard InChI is InChI=1S/C27H36F2O10S/c1-15-6-17-4-3-5-23(7-15,9-17)21(31)36-13-20-19(12-30)37-26(38-20)16(2)8-24(10-18-11-25(18,26)14-24)39-22(32)27(28,29)40(33,34)35/h6,15-16,18-20,30H,3-5,7-14H2,1-2H3,(H,33,34,35). The molecule has 6 rings (SSSR count). The molecule has 4 bridgehead atoms. The van der Waals surface area contributed by atoms with Crippen molar-refractivity contribution in [2.45, 2.75) is 100 Å². The number of carbonyl (C=O) groups excluding carboxylic acids is 2. The number of fused-ring (bicyclic) bond motifs is 3. The summed E-state index contributed by atoms with van der Waals surface area (Å²) in [6.45, 7) is 3.39. The van der Waals surface area contributed by atoms with Gasteiger partial charge in [0.15, 0.2) is 5.79 Å². The van der Waals surface area contributed by atoms with Crippen LogP contribution in [0.15, 0.2) is 11.6 Å². The summed E-state index contributed by atoms with van der Waals surface area (Å²) in [6, 6.07) is 0. The third-order valence-electron chi connectivity index (χ3n) is 10.4. The van der Waals surface area contributed by atoms with E-state index in [2.05, 4.69) is 13.0 Å². The van der Waals surface area contributed by atoms with Gasteiger partial charge in [-0.2, -0.15) is 17.2 Å². The second-order valence-electron chi connectivity index (χ2n) is 13.2. The molecular weight excluding hydrogens is 554 g/mol. The van der Waals surface area contributed by atoms with Gasteiger partial charge in [0, 0.05) is 11.3 Å². The highest BCUT2D eigenvalue weighted by molar-refractivity contribution is 7.87. The zero-order valence-corrected chi connectivity index (χ0v) is 23.4. The molecule has 0 aromatic heterocycles. The van der Waals surface area contributed by atoms with Crippen LogP contribution >= 0.6 is 0 Å². The largest absolute Gasteiger partial charge is 0.465 e. The van der Waals surface area contributed by atoms with E-state index in [1.54, 1.807) is 6.92 Å². The lowest BCUT2D eigenvalue weighted by Gasteiger charge is -2.49. The van der Waals surface area contributed by atoms with Crippen molar-refractivity contribution >= 4 is 22.1 Å². The van der Waals surface area contributed by atoms with Crippen molar-refractivity contribution in [1.29, 1.82) is 0 Å². The molecule has 1 saturated heterocycles. The van der Waals surface area contributed by atoms with Gasteiger partial charge in [-0.05, 0) is 69.6 Å². The zero-order valence-electron chi connectivity index (χ0n) is 22.6. The molecule has 4 saturated carbocycles. The topological polar surface area (TPSA) is 146 Å². The Balaban J connectivity index is 1.17. The first-order valence-corrected chi connectivity index (χ1v) is 15.5. The fourth-order valence-electron chi connectivity index (χ4n) is 8.95. The van der Waals surface area contributed by atoms with E-state index in [0.717, 1.165) is 25.7 Å². The second kappa shape index (κ2) is 8.92. The number of rotatable bonds is 7. The van der Waals surface area contributed by atoms with Gasteiger partial charge in [0.2, 0.25) is 0 Å². The Morgan fingerprint density at radius 2 is 1.88 bits per heavy atom. The van der Waals surface area contributed by atoms with Gasteiger partial charge in [0.1, 0.15) is 24.4 Å². The van der Waals surface area contributed by atoms with Gasteiger partial charge in [0.05, 0.1) is 12.0 Å². The smallest absolute Gasteiger partial charge is 0.462 e. The molecule has 224 valence electrons. The van der Waals surface area contributed by atoms with Crippen molar-refractivity contribution < 1.29 is 55.4 Å². The van der Waals surface area contributed by atoms with Crippen LogP contribution in [0.3, 0.4) is 0 Å². The third kappa shape index (κ3) is 4.01. The number of aliphatic hydroxyl groups is 1. The van der Waals surface area contributed by atoms with Gasteiger partial charge in [0.25, 0.3) is 0 Å². The molecule has 0 radical (unpaired) electrons. The molecule has 9 atom stereocenters. The molecule has 40 heavy (non-hydrogen) atoms. The number of aliphatic hydroxyl groups excluding tert-OH is 1. The van der Waals surface area contributed by atoms with Gasteiger partial charge >= 0.3 is 27.3 Å². The van der Waals surface area contributed by atoms with Crippen LogP contribution in [0.5, 0.6) is 0 Å². The molecule has 10 nitrogen and oxygen atoms in total. The van der Waals surface area contributed by atoms with Crippen molar-refractivity contribution in [3.05, 3.63) is 11.6 Å². The van der Waals surface area contributed by atoms with Crippen molar-refractivity contribution in [3.8, 4) is 0 Å². The van der Waals surface area contributed by atoms with E-state index >= 15 is 0 Å². The van der Waals surface area contributed by atoms with Crippen molar-refractivity contribution in [1.82, 2.24) is 0 Å². The highest BCUT2D eigenvalue weighted by Gasteiger charge is 2.83. The lowest BCUT2D eigenvalue weighted by atomic mass is 9.64. The molecule has 2 spiro atoms. The van der Waals surface area contributed by atoms with Crippen LogP contribution in [0.25, 0.3) is 0 Å². The van der Waals surface area contributed by atoms with Gasteiger partial charge in [-0.3, -0.25) is 9.35 Å². The van der Waals surface area contributed by atoms with Gasteiger partial charge in [-0.15, -0.1) is 0 Å². The Labute approximate surface area is 231 Å². The first-order chi connectivity index (χ1) is 18.6. The SMILES string of the molecule is CC1C=C2CCCC(C(=O)OCC3OC4(OC3CO)C(C)CC3(OC(=O)C(F)(F)S(=O)(=O)O)CC5CC54C3)(C2)C1. The summed E-state index contributed by atoms with van der Waals surface area (Å²) in [5.41, 5.74) is -1.30. The van der Waals surface area contributed by atoms with E-state index in [1.165, 1.54) is 5.57 Å². The molecule has 13 heteroatoms. The molecule has 6 aliphatic rings. The highest BCUT2D eigenvalue weighted by atomic mass is 32.2. The molecule has 5 aliphatic carbocycles. The van der Waals surface area contributed by atoms with Crippen LogP contribution in [-0.4, -0.2) is 72.1 Å². The predicted molar refractivity (Wildman–Crippen MR) is 132 cm³/mol. The van der Waals surface area contributed by atoms with Crippen molar-refractivity contribution in [2.24, 2.45) is 28.6 Å². The quantitative estimate of drug-likeness (QED) is 0.258. The second-order valence-corrected chi connectivity index (χ2v) is 14.6. The fourth-order valence-corrected chi connectivity index (χ4v) is 9.20. The van der Waals surface area contributed by atoms with Crippen LogP contribution in [0.4, 0.5) is 8.78 Å². The van der Waals surface area contributed by atoms with Crippen LogP contribution in [-0.2, 0) is 38.7 Å². The average Bonchev–Trinajstić information content (AvgIpc) is 3.26. The number of alkyl halides is 2. The minimum absolute atomic E-state index is 0.0549. The van der Waals surface area contributed by atoms with E-state index in [0.29, 0.717) is 18.8 Å². The summed E-state index contributed by atoms with van der Waals surface area (Å²) in [5, 5.41) is 5.06. The minimum atomic E-state index is -5.99. The van der Waals surface area contributed by atoms with E-state index < -0.39 is 61.7 Å². The van der Waals surface area contributed by atoms with Crippen molar-refractivity contribution in [3.63, 3.8) is 0 Å². The monoisotopic (exact) mass is 590 g/mol. The third-order valence-corrected chi connectivity index (χ3v) is 11.2. The zero-order chi connectivity index (χ0) is 28.9. The van der Waals surface area contributed by atoms with E-state index in [-0.39, 0.29) is 44.4 Å². The molecule has 9 unspecified atom stereocenters. The highest BCUT2D eigenvalue weighted by Crippen LogP contribution is 2.79. The number of hydrogen-bond donors (Lipinski definition) is 2. The molecule has 5 fully saturated rings. The maximum absolute atomic E-state index is 14.0. The maximum atomic E-state index is 14.0. The number of esters is 2. The van der Waals surface area contributed by atoms with Crippen LogP contribution in [0.2, 0.25) is 0 Å². The fraction of sp³-hybridized carbons (Fsp3) is 0.852. The van der Waals surface area contributed by atoms with E-state index in [9.17, 15) is 31.9 Å². The van der Waals surface area contributed by atoms with Crippen molar-refractivity contribution in [2.75, 3.05) is 13.2 Å². The van der Waals surface area contributed by atoms with Gasteiger partial charge in [-0.1, -0.05) is 25.5 Å². The minimum Gasteiger partial charge on any atom is -0.462 e. The Morgan fingerprint density at radius 3 is 2.58 bits per heavy atom. The lowest BCUT2D eigenvalue weighted by molar-refractivity contribution is -0.285. The molecule has 1 heterocycles. The van der Waals surface area contributed by atoms with Crippen LogP contribution < -0.4 is 0 Å². The first kappa shape index (κ1) is 28.4. The summed E-state index contributed by atoms with van der Waals surface area (Å²) in [7, 11) is -5.99. The van der Waals surface area contributed by atoms with Gasteiger partial charge < -0.3 is 24.1 Å². The Hall–Kier alpha value is -1.67. The first-order valence-electron chi connectivity index (χ1n) is 14.0. The van der Waals surface area contributed by atoms with E-state index in [1.807, 2.05) is 0 Å². The Morgan fingerprint density at radius 1 is 1.15 bits per heavy atom. The normalized spacial score (nSPS) is 45.5. The number of carbonyl (C=O) groups is 2. The number of ether oxygens (including phenoxy) is 4. The Bertz CT molecular complexity index is 1250. The summed E-state index contributed by atoms with van der Waals surface area (Å²) in [4.78, 5) is 25.5. The van der Waals surface area contributed by atoms with Crippen LogP contribution in [0, 0.1) is 28.6 Å². The number of halogens is 2.